The Morgan fingerprint density at radius 1 is 0.609 bits per heavy atom. The molecule has 0 amide bonds. The molecule has 6 rings (SSSR count). The number of fused-ring (bicyclic) bond motifs is 6. The van der Waals surface area contributed by atoms with Crippen LogP contribution in [0.15, 0.2) is 45.2 Å². The van der Waals surface area contributed by atoms with Gasteiger partial charge in [0.2, 0.25) is 0 Å². The number of hydrogen-bond acceptors (Lipinski definition) is 10. The number of rotatable bonds is 9. The second-order valence-corrected chi connectivity index (χ2v) is 10.8. The van der Waals surface area contributed by atoms with Gasteiger partial charge in [0.15, 0.2) is 11.6 Å². The van der Waals surface area contributed by atoms with Crippen LogP contribution in [-0.4, -0.2) is 58.2 Å². The molecule has 2 aromatic heterocycles. The number of carbonyl (C=O) groups excluding carboxylic acids is 2. The highest BCUT2D eigenvalue weighted by Crippen LogP contribution is 2.48. The molecule has 234 valence electrons. The number of carboxylic acids is 2. The first kappa shape index (κ1) is 30.0. The second-order valence-electron chi connectivity index (χ2n) is 10.8. The molecule has 0 aliphatic carbocycles. The molecule has 0 fully saturated rings. The Bertz CT molecular complexity index is 2160. The van der Waals surface area contributed by atoms with Gasteiger partial charge in [-0.1, -0.05) is 0 Å². The standard InChI is InChI=1S/C34H26O12/c1-13(35)27-21-9-17(11-25(37)38)45-33(21)19-5-15(7-23(43-3)29(19)31(27)41)16-6-20-30(24(8-16)44-4)32(42)28(14(2)36)22-10-18(12-26(39)40)46-34(20)22/h5-10,41-42H,11-12H2,1-4H3,(H,37,38)(H,39,40). The molecule has 0 saturated carbocycles. The maximum absolute atomic E-state index is 12.6. The first-order valence-corrected chi connectivity index (χ1v) is 13.9. The Morgan fingerprint density at radius 2 is 0.978 bits per heavy atom. The van der Waals surface area contributed by atoms with Gasteiger partial charge < -0.3 is 38.7 Å². The fourth-order valence-corrected chi connectivity index (χ4v) is 6.08. The summed E-state index contributed by atoms with van der Waals surface area (Å²) in [5.41, 5.74) is 1.23. The summed E-state index contributed by atoms with van der Waals surface area (Å²) in [5.74, 6) is -3.46. The van der Waals surface area contributed by atoms with Gasteiger partial charge in [-0.15, -0.1) is 0 Å². The molecule has 0 spiro atoms. The number of carbonyl (C=O) groups is 4. The summed E-state index contributed by atoms with van der Waals surface area (Å²) >= 11 is 0. The van der Waals surface area contributed by atoms with Crippen LogP contribution in [0.4, 0.5) is 0 Å². The molecule has 0 aliphatic heterocycles. The smallest absolute Gasteiger partial charge is 0.311 e. The molecular formula is C34H26O12. The molecule has 12 heteroatoms. The average Bonchev–Trinajstić information content (AvgIpc) is 3.58. The highest BCUT2D eigenvalue weighted by Gasteiger charge is 2.27. The molecule has 6 aromatic rings. The van der Waals surface area contributed by atoms with E-state index in [0.29, 0.717) is 21.9 Å². The third-order valence-electron chi connectivity index (χ3n) is 7.87. The van der Waals surface area contributed by atoms with E-state index in [1.807, 2.05) is 0 Å². The third kappa shape index (κ3) is 4.62. The molecule has 0 unspecified atom stereocenters. The largest absolute Gasteiger partial charge is 0.506 e. The lowest BCUT2D eigenvalue weighted by Crippen LogP contribution is -1.98. The van der Waals surface area contributed by atoms with Crippen LogP contribution >= 0.6 is 0 Å². The number of ketones is 2. The van der Waals surface area contributed by atoms with Crippen LogP contribution in [0.2, 0.25) is 0 Å². The Morgan fingerprint density at radius 3 is 1.28 bits per heavy atom. The summed E-state index contributed by atoms with van der Waals surface area (Å²) < 4.78 is 23.2. The number of Topliss-reactive ketones (excluding diaryl/α,β-unsaturated/α-hetero) is 2. The molecule has 0 aliphatic rings. The van der Waals surface area contributed by atoms with Crippen molar-refractivity contribution in [3.8, 4) is 34.1 Å². The van der Waals surface area contributed by atoms with Crippen LogP contribution in [-0.2, 0) is 22.4 Å². The molecule has 12 nitrogen and oxygen atoms in total. The zero-order chi connectivity index (χ0) is 33.2. The first-order chi connectivity index (χ1) is 21.8. The van der Waals surface area contributed by atoms with Gasteiger partial charge in [0.25, 0.3) is 0 Å². The molecular weight excluding hydrogens is 600 g/mol. The van der Waals surface area contributed by atoms with Crippen LogP contribution < -0.4 is 9.47 Å². The molecule has 2 heterocycles. The SMILES string of the molecule is COc1cc(-c2cc(OC)c3c(O)c(C(C)=O)c4cc(CC(=O)O)oc4c3c2)cc2c1c(O)c(C(C)=O)c1cc(CC(=O)O)oc12. The molecule has 0 bridgehead atoms. The van der Waals surface area contributed by atoms with Gasteiger partial charge in [0, 0.05) is 21.5 Å². The predicted molar refractivity (Wildman–Crippen MR) is 166 cm³/mol. The maximum Gasteiger partial charge on any atom is 0.311 e. The van der Waals surface area contributed by atoms with Crippen molar-refractivity contribution in [2.75, 3.05) is 14.2 Å². The minimum Gasteiger partial charge on any atom is -0.506 e. The van der Waals surface area contributed by atoms with E-state index in [-0.39, 0.29) is 78.4 Å². The zero-order valence-corrected chi connectivity index (χ0v) is 24.9. The minimum atomic E-state index is -1.15. The Labute approximate surface area is 259 Å². The van der Waals surface area contributed by atoms with E-state index in [2.05, 4.69) is 0 Å². The monoisotopic (exact) mass is 626 g/mol. The minimum absolute atomic E-state index is 0.0459. The fraction of sp³-hybridized carbons (Fsp3) is 0.176. The van der Waals surface area contributed by atoms with E-state index in [4.69, 9.17) is 18.3 Å². The van der Waals surface area contributed by atoms with Crippen LogP contribution in [0.25, 0.3) is 54.6 Å². The third-order valence-corrected chi connectivity index (χ3v) is 7.87. The van der Waals surface area contributed by atoms with Crippen molar-refractivity contribution in [3.63, 3.8) is 0 Å². The number of phenols is 2. The molecule has 4 N–H and O–H groups in total. The number of ether oxygens (including phenoxy) is 2. The summed E-state index contributed by atoms with van der Waals surface area (Å²) in [5, 5.41) is 42.8. The lowest BCUT2D eigenvalue weighted by molar-refractivity contribution is -0.137. The van der Waals surface area contributed by atoms with Crippen molar-refractivity contribution in [2.45, 2.75) is 26.7 Å². The van der Waals surface area contributed by atoms with E-state index in [1.165, 1.54) is 40.2 Å². The van der Waals surface area contributed by atoms with Gasteiger partial charge in [-0.3, -0.25) is 19.2 Å². The molecule has 46 heavy (non-hydrogen) atoms. The number of aliphatic carboxylic acids is 2. The summed E-state index contributed by atoms with van der Waals surface area (Å²) in [7, 11) is 2.76. The highest BCUT2D eigenvalue weighted by molar-refractivity contribution is 6.23. The predicted octanol–water partition coefficient (Wildman–Crippen LogP) is 6.24. The van der Waals surface area contributed by atoms with Crippen molar-refractivity contribution in [3.05, 3.63) is 59.0 Å². The summed E-state index contributed by atoms with van der Waals surface area (Å²) in [6.45, 7) is 2.55. The van der Waals surface area contributed by atoms with Crippen LogP contribution in [0.5, 0.6) is 23.0 Å². The van der Waals surface area contributed by atoms with Crippen LogP contribution in [0.3, 0.4) is 0 Å². The summed E-state index contributed by atoms with van der Waals surface area (Å²) in [4.78, 5) is 48.2. The maximum atomic E-state index is 12.6. The fourth-order valence-electron chi connectivity index (χ4n) is 6.08. The van der Waals surface area contributed by atoms with Crippen molar-refractivity contribution >= 4 is 67.0 Å². The van der Waals surface area contributed by atoms with Gasteiger partial charge >= 0.3 is 11.9 Å². The van der Waals surface area contributed by atoms with Gasteiger partial charge in [-0.05, 0) is 61.4 Å². The van der Waals surface area contributed by atoms with E-state index in [0.717, 1.165) is 0 Å². The number of benzene rings is 4. The van der Waals surface area contributed by atoms with E-state index >= 15 is 0 Å². The number of furan rings is 2. The Kier molecular flexibility index (Phi) is 7.07. The van der Waals surface area contributed by atoms with E-state index in [9.17, 15) is 39.6 Å². The normalized spacial score (nSPS) is 11.5. The van der Waals surface area contributed by atoms with Gasteiger partial charge in [-0.25, -0.2) is 0 Å². The second kappa shape index (κ2) is 10.8. The Hall–Kier alpha value is -6.04. The summed E-state index contributed by atoms with van der Waals surface area (Å²) in [6.07, 6.45) is -0.913. The zero-order valence-electron chi connectivity index (χ0n) is 24.9. The number of methoxy groups -OCH3 is 2. The summed E-state index contributed by atoms with van der Waals surface area (Å²) in [6, 6.07) is 9.37. The molecule has 4 aromatic carbocycles. The first-order valence-electron chi connectivity index (χ1n) is 13.9. The lowest BCUT2D eigenvalue weighted by atomic mass is 9.92. The van der Waals surface area contributed by atoms with Gasteiger partial charge in [0.1, 0.15) is 58.5 Å². The molecule has 0 atom stereocenters. The topological polar surface area (TPSA) is 194 Å². The lowest BCUT2D eigenvalue weighted by Gasteiger charge is -2.16. The van der Waals surface area contributed by atoms with E-state index < -0.39 is 36.3 Å². The van der Waals surface area contributed by atoms with Crippen molar-refractivity contribution < 1.29 is 57.9 Å². The van der Waals surface area contributed by atoms with Gasteiger partial charge in [0.05, 0.1) is 36.1 Å². The molecule has 0 saturated heterocycles. The highest BCUT2D eigenvalue weighted by atomic mass is 16.5. The van der Waals surface area contributed by atoms with Gasteiger partial charge in [-0.2, -0.15) is 0 Å². The number of carboxylic acid groups (broad SMARTS) is 2. The van der Waals surface area contributed by atoms with E-state index in [1.54, 1.807) is 24.3 Å². The van der Waals surface area contributed by atoms with Crippen LogP contribution in [0, 0.1) is 0 Å². The Balaban J connectivity index is 1.72. The quantitative estimate of drug-likeness (QED) is 0.132. The number of aromatic hydroxyl groups is 2. The van der Waals surface area contributed by atoms with Crippen molar-refractivity contribution in [2.24, 2.45) is 0 Å². The van der Waals surface area contributed by atoms with Crippen molar-refractivity contribution in [1.82, 2.24) is 0 Å². The average molecular weight is 627 g/mol. The van der Waals surface area contributed by atoms with Crippen molar-refractivity contribution in [1.29, 1.82) is 0 Å². The number of phenolic OH excluding ortho intramolecular Hbond substituents is 2. The number of hydrogen-bond donors (Lipinski definition) is 4. The molecule has 0 radical (unpaired) electrons. The van der Waals surface area contributed by atoms with Crippen LogP contribution in [0.1, 0.15) is 46.1 Å².